The number of aliphatic imine (C=N–C) groups is 1. The zero-order valence-corrected chi connectivity index (χ0v) is 22.0. The summed E-state index contributed by atoms with van der Waals surface area (Å²) in [5, 5.41) is 9.95. The molecule has 0 radical (unpaired) electrons. The molecule has 2 rings (SSSR count). The zero-order valence-electron chi connectivity index (χ0n) is 18.9. The molecule has 0 fully saturated rings. The van der Waals surface area contributed by atoms with E-state index >= 15 is 0 Å². The van der Waals surface area contributed by atoms with E-state index in [0.29, 0.717) is 26.3 Å². The van der Waals surface area contributed by atoms with E-state index < -0.39 is 0 Å². The number of guanidine groups is 1. The molecule has 0 unspecified atom stereocenters. The molecule has 0 aliphatic rings. The second kappa shape index (κ2) is 13.1. The Balaban J connectivity index is 0.00000450. The summed E-state index contributed by atoms with van der Waals surface area (Å²) in [5.41, 5.74) is 3.38. The number of ether oxygens (including phenoxy) is 2. The third kappa shape index (κ3) is 8.77. The molecular formula is C22H35IN4O2S. The summed E-state index contributed by atoms with van der Waals surface area (Å²) in [6.07, 6.45) is 0.866. The smallest absolute Gasteiger partial charge is 0.191 e. The number of hydrogen-bond donors (Lipinski definition) is 2. The van der Waals surface area contributed by atoms with Crippen molar-refractivity contribution in [3.05, 3.63) is 45.4 Å². The summed E-state index contributed by atoms with van der Waals surface area (Å²) in [6.45, 7) is 11.2. The molecule has 2 N–H and O–H groups in total. The second-order valence-corrected chi connectivity index (χ2v) is 8.84. The molecule has 0 saturated heterocycles. The van der Waals surface area contributed by atoms with Gasteiger partial charge in [-0.1, -0.05) is 32.9 Å². The van der Waals surface area contributed by atoms with E-state index in [0.717, 1.165) is 34.4 Å². The first-order valence-electron chi connectivity index (χ1n) is 9.94. The van der Waals surface area contributed by atoms with Crippen LogP contribution < -0.4 is 15.4 Å². The molecule has 6 nitrogen and oxygen atoms in total. The highest BCUT2D eigenvalue weighted by Gasteiger charge is 2.18. The summed E-state index contributed by atoms with van der Waals surface area (Å²) in [7, 11) is 3.48. The summed E-state index contributed by atoms with van der Waals surface area (Å²) >= 11 is 1.70. The monoisotopic (exact) mass is 546 g/mol. The van der Waals surface area contributed by atoms with Gasteiger partial charge in [-0.15, -0.1) is 35.3 Å². The van der Waals surface area contributed by atoms with Gasteiger partial charge in [0.05, 0.1) is 23.9 Å². The fraction of sp³-hybridized carbons (Fsp3) is 0.545. The van der Waals surface area contributed by atoms with Crippen molar-refractivity contribution in [2.45, 2.75) is 52.6 Å². The van der Waals surface area contributed by atoms with Crippen LogP contribution in [-0.4, -0.2) is 38.3 Å². The Morgan fingerprint density at radius 3 is 2.53 bits per heavy atom. The largest absolute Gasteiger partial charge is 0.493 e. The van der Waals surface area contributed by atoms with Crippen molar-refractivity contribution in [3.8, 4) is 5.75 Å². The van der Waals surface area contributed by atoms with Gasteiger partial charge in [0.25, 0.3) is 0 Å². The zero-order chi connectivity index (χ0) is 21.3. The van der Waals surface area contributed by atoms with Crippen molar-refractivity contribution in [3.63, 3.8) is 0 Å². The minimum atomic E-state index is 0. The van der Waals surface area contributed by atoms with Crippen LogP contribution in [0, 0.1) is 6.92 Å². The first-order chi connectivity index (χ1) is 13.8. The molecule has 1 aromatic heterocycles. The summed E-state index contributed by atoms with van der Waals surface area (Å²) in [4.78, 5) is 9.04. The number of aromatic nitrogens is 1. The van der Waals surface area contributed by atoms with Gasteiger partial charge in [-0.25, -0.2) is 4.98 Å². The Morgan fingerprint density at radius 1 is 1.17 bits per heavy atom. The Bertz CT molecular complexity index is 803. The molecule has 0 aliphatic carbocycles. The van der Waals surface area contributed by atoms with E-state index in [4.69, 9.17) is 14.5 Å². The van der Waals surface area contributed by atoms with E-state index in [1.54, 1.807) is 25.5 Å². The highest BCUT2D eigenvalue weighted by molar-refractivity contribution is 14.0. The van der Waals surface area contributed by atoms with Gasteiger partial charge < -0.3 is 20.1 Å². The minimum Gasteiger partial charge on any atom is -0.493 e. The Kier molecular flexibility index (Phi) is 11.6. The third-order valence-corrected chi connectivity index (χ3v) is 5.59. The van der Waals surface area contributed by atoms with Crippen LogP contribution in [0.5, 0.6) is 5.75 Å². The number of hydrogen-bond acceptors (Lipinski definition) is 5. The van der Waals surface area contributed by atoms with Gasteiger partial charge in [-0.3, -0.25) is 4.99 Å². The van der Waals surface area contributed by atoms with Crippen molar-refractivity contribution in [2.24, 2.45) is 4.99 Å². The number of benzene rings is 1. The lowest BCUT2D eigenvalue weighted by Crippen LogP contribution is -2.36. The fourth-order valence-electron chi connectivity index (χ4n) is 2.63. The van der Waals surface area contributed by atoms with Crippen molar-refractivity contribution in [1.82, 2.24) is 15.6 Å². The van der Waals surface area contributed by atoms with E-state index in [1.807, 2.05) is 0 Å². The van der Waals surface area contributed by atoms with Crippen LogP contribution in [0.4, 0.5) is 0 Å². The van der Waals surface area contributed by atoms with Gasteiger partial charge in [-0.05, 0) is 18.6 Å². The minimum absolute atomic E-state index is 0. The predicted octanol–water partition coefficient (Wildman–Crippen LogP) is 4.65. The lowest BCUT2D eigenvalue weighted by molar-refractivity contribution is 0.171. The van der Waals surface area contributed by atoms with E-state index in [2.05, 4.69) is 66.9 Å². The average Bonchev–Trinajstić information content (AvgIpc) is 3.16. The van der Waals surface area contributed by atoms with Gasteiger partial charge in [0, 0.05) is 50.1 Å². The molecular weight excluding hydrogens is 511 g/mol. The van der Waals surface area contributed by atoms with Crippen LogP contribution in [-0.2, 0) is 23.2 Å². The highest BCUT2D eigenvalue weighted by Crippen LogP contribution is 2.25. The Morgan fingerprint density at radius 2 is 1.90 bits per heavy atom. The van der Waals surface area contributed by atoms with Crippen molar-refractivity contribution in [2.75, 3.05) is 27.4 Å². The Hall–Kier alpha value is -1.39. The number of methoxy groups -OCH3 is 1. The lowest BCUT2D eigenvalue weighted by Gasteiger charge is -2.15. The molecule has 0 aliphatic heterocycles. The number of rotatable bonds is 9. The van der Waals surface area contributed by atoms with Gasteiger partial charge in [0.1, 0.15) is 5.75 Å². The molecule has 0 bridgehead atoms. The second-order valence-electron chi connectivity index (χ2n) is 7.98. The molecule has 1 heterocycles. The van der Waals surface area contributed by atoms with Crippen LogP contribution in [0.1, 0.15) is 49.0 Å². The first-order valence-corrected chi connectivity index (χ1v) is 10.8. The normalized spacial score (nSPS) is 11.7. The summed E-state index contributed by atoms with van der Waals surface area (Å²) in [5.74, 6) is 1.64. The molecule has 2 aromatic rings. The number of nitrogens with one attached hydrogen (secondary N) is 2. The quantitative estimate of drug-likeness (QED) is 0.208. The summed E-state index contributed by atoms with van der Waals surface area (Å²) in [6, 6.07) is 6.26. The van der Waals surface area contributed by atoms with Crippen molar-refractivity contribution < 1.29 is 9.47 Å². The van der Waals surface area contributed by atoms with Gasteiger partial charge in [0.15, 0.2) is 5.96 Å². The predicted molar refractivity (Wildman–Crippen MR) is 136 cm³/mol. The highest BCUT2D eigenvalue weighted by atomic mass is 127. The van der Waals surface area contributed by atoms with Crippen molar-refractivity contribution in [1.29, 1.82) is 0 Å². The van der Waals surface area contributed by atoms with E-state index in [9.17, 15) is 0 Å². The van der Waals surface area contributed by atoms with Crippen LogP contribution in [0.2, 0.25) is 0 Å². The number of aryl methyl sites for hydroxylation is 1. The van der Waals surface area contributed by atoms with E-state index in [-0.39, 0.29) is 29.4 Å². The molecule has 0 atom stereocenters. The SMILES string of the molecule is CN=C(NCc1csc(C(C)(C)C)n1)NCc1ccc(C)cc1OCCCOC.I. The third-order valence-electron chi connectivity index (χ3n) is 4.27. The number of nitrogens with zero attached hydrogens (tertiary/aromatic N) is 2. The molecule has 168 valence electrons. The summed E-state index contributed by atoms with van der Waals surface area (Å²) < 4.78 is 11.1. The maximum absolute atomic E-state index is 5.96. The first kappa shape index (κ1) is 26.6. The molecule has 0 spiro atoms. The molecule has 0 saturated carbocycles. The van der Waals surface area contributed by atoms with Crippen molar-refractivity contribution >= 4 is 41.3 Å². The maximum Gasteiger partial charge on any atom is 0.191 e. The molecule has 1 aromatic carbocycles. The number of halogens is 1. The van der Waals surface area contributed by atoms with Gasteiger partial charge in [-0.2, -0.15) is 0 Å². The standard InChI is InChI=1S/C22H34N4O2S.HI/c1-16-8-9-17(19(12-16)28-11-7-10-27-6)13-24-21(23-5)25-14-18-15-29-20(26-18)22(2,3)4;/h8-9,12,15H,7,10-11,13-14H2,1-6H3,(H2,23,24,25);1H. The number of thiazole rings is 1. The van der Waals surface area contributed by atoms with Gasteiger partial charge >= 0.3 is 0 Å². The van der Waals surface area contributed by atoms with Crippen LogP contribution >= 0.6 is 35.3 Å². The van der Waals surface area contributed by atoms with Crippen LogP contribution in [0.25, 0.3) is 0 Å². The average molecular weight is 547 g/mol. The molecule has 8 heteroatoms. The van der Waals surface area contributed by atoms with Crippen LogP contribution in [0.15, 0.2) is 28.6 Å². The topological polar surface area (TPSA) is 67.8 Å². The molecule has 0 amide bonds. The fourth-order valence-corrected chi connectivity index (χ4v) is 3.54. The van der Waals surface area contributed by atoms with E-state index in [1.165, 1.54) is 5.56 Å². The van der Waals surface area contributed by atoms with Gasteiger partial charge in [0.2, 0.25) is 0 Å². The molecule has 30 heavy (non-hydrogen) atoms. The lowest BCUT2D eigenvalue weighted by atomic mass is 9.98. The maximum atomic E-state index is 5.96. The Labute approximate surface area is 201 Å². The van der Waals surface area contributed by atoms with Crippen LogP contribution in [0.3, 0.4) is 0 Å².